The molecule has 0 saturated heterocycles. The molecule has 0 radical (unpaired) electrons. The van der Waals surface area contributed by atoms with Gasteiger partial charge in [-0.2, -0.15) is 0 Å². The Morgan fingerprint density at radius 1 is 1.21 bits per heavy atom. The molecule has 2 heterocycles. The number of ether oxygens (including phenoxy) is 2. The molecule has 1 aliphatic rings. The van der Waals surface area contributed by atoms with Gasteiger partial charge in [0.2, 0.25) is 0 Å². The number of amides is 3. The average molecular weight is 639 g/mol. The van der Waals surface area contributed by atoms with E-state index in [2.05, 4.69) is 10.0 Å². The van der Waals surface area contributed by atoms with E-state index in [1.54, 1.807) is 47.4 Å². The Labute approximate surface area is 259 Å². The number of fused-ring (bicyclic) bond motifs is 1. The van der Waals surface area contributed by atoms with E-state index in [4.69, 9.17) is 9.47 Å². The summed E-state index contributed by atoms with van der Waals surface area (Å²) in [6.45, 7) is 10.2. The molecule has 3 amide bonds. The summed E-state index contributed by atoms with van der Waals surface area (Å²) < 4.78 is 41.1. The zero-order chi connectivity index (χ0) is 31.7. The maximum absolute atomic E-state index is 14.2. The van der Waals surface area contributed by atoms with E-state index < -0.39 is 22.0 Å². The van der Waals surface area contributed by atoms with E-state index in [-0.39, 0.29) is 58.8 Å². The number of nitrogens with one attached hydrogen (secondary N) is 2. The molecule has 3 N–H and O–H groups in total. The highest BCUT2D eigenvalue weighted by molar-refractivity contribution is 7.94. The van der Waals surface area contributed by atoms with Gasteiger partial charge in [-0.3, -0.25) is 9.52 Å². The Bertz CT molecular complexity index is 1300. The lowest BCUT2D eigenvalue weighted by Gasteiger charge is -2.36. The van der Waals surface area contributed by atoms with Crippen molar-refractivity contribution in [2.75, 3.05) is 38.1 Å². The molecule has 1 aromatic heterocycles. The molecule has 1 aliphatic heterocycles. The summed E-state index contributed by atoms with van der Waals surface area (Å²) in [5, 5.41) is 14.7. The van der Waals surface area contributed by atoms with Gasteiger partial charge in [-0.15, -0.1) is 11.3 Å². The molecule has 0 spiro atoms. The van der Waals surface area contributed by atoms with Gasteiger partial charge in [0.25, 0.3) is 15.9 Å². The fourth-order valence-electron chi connectivity index (χ4n) is 4.78. The number of sulfonamides is 1. The summed E-state index contributed by atoms with van der Waals surface area (Å²) in [4.78, 5) is 30.0. The van der Waals surface area contributed by atoms with Gasteiger partial charge < -0.3 is 29.7 Å². The van der Waals surface area contributed by atoms with E-state index in [1.165, 1.54) is 12.1 Å². The lowest BCUT2D eigenvalue weighted by molar-refractivity contribution is -0.0122. The van der Waals surface area contributed by atoms with Crippen LogP contribution in [0.2, 0.25) is 0 Å². The highest BCUT2D eigenvalue weighted by Crippen LogP contribution is 2.30. The summed E-state index contributed by atoms with van der Waals surface area (Å²) in [7, 11) is -2.13. The van der Waals surface area contributed by atoms with Crippen molar-refractivity contribution >= 4 is 39.0 Å². The first-order valence-electron chi connectivity index (χ1n) is 14.7. The molecular weight excluding hydrogens is 592 g/mol. The van der Waals surface area contributed by atoms with Crippen LogP contribution in [0.5, 0.6) is 5.75 Å². The molecule has 0 unspecified atom stereocenters. The van der Waals surface area contributed by atoms with Crippen LogP contribution in [0.1, 0.15) is 64.2 Å². The summed E-state index contributed by atoms with van der Waals surface area (Å²) >= 11 is 1.10. The molecule has 240 valence electrons. The summed E-state index contributed by atoms with van der Waals surface area (Å²) in [6.07, 6.45) is 1.76. The van der Waals surface area contributed by atoms with E-state index >= 15 is 0 Å². The van der Waals surface area contributed by atoms with Crippen LogP contribution in [-0.2, 0) is 14.8 Å². The molecule has 3 rings (SSSR count). The Balaban J connectivity index is 1.97. The number of rotatable bonds is 8. The number of thiophene rings is 1. The van der Waals surface area contributed by atoms with Crippen molar-refractivity contribution in [3.05, 3.63) is 41.3 Å². The van der Waals surface area contributed by atoms with Crippen molar-refractivity contribution < 1.29 is 32.6 Å². The fourth-order valence-corrected chi connectivity index (χ4v) is 6.82. The third-order valence-electron chi connectivity index (χ3n) is 7.28. The largest absolute Gasteiger partial charge is 0.490 e. The first kappa shape index (κ1) is 34.6. The first-order chi connectivity index (χ1) is 20.3. The number of aliphatic hydroxyl groups is 1. The van der Waals surface area contributed by atoms with Crippen molar-refractivity contribution in [3.63, 3.8) is 0 Å². The summed E-state index contributed by atoms with van der Waals surface area (Å²) in [5.74, 6) is -0.275. The maximum Gasteiger partial charge on any atom is 0.317 e. The van der Waals surface area contributed by atoms with Crippen LogP contribution in [0.4, 0.5) is 10.5 Å². The van der Waals surface area contributed by atoms with Gasteiger partial charge >= 0.3 is 6.03 Å². The second kappa shape index (κ2) is 15.7. The smallest absolute Gasteiger partial charge is 0.317 e. The van der Waals surface area contributed by atoms with Crippen molar-refractivity contribution in [2.24, 2.45) is 5.92 Å². The molecular formula is C30H46N4O7S2. The first-order valence-corrected chi connectivity index (χ1v) is 17.1. The molecule has 11 nitrogen and oxygen atoms in total. The molecule has 0 fully saturated rings. The van der Waals surface area contributed by atoms with Crippen molar-refractivity contribution in [1.29, 1.82) is 0 Å². The minimum Gasteiger partial charge on any atom is -0.490 e. The number of hydrogen-bond donors (Lipinski definition) is 3. The van der Waals surface area contributed by atoms with Gasteiger partial charge in [-0.1, -0.05) is 13.0 Å². The maximum atomic E-state index is 14.2. The SMILES string of the molecule is CC(C)NC(=O)N(C)C[C@@H]1OCCCC[C@H](C)Oc2ccc(NS(=O)(=O)c3cccs3)cc2C(=O)N([C@H](C)CO)C[C@@H]1C. The van der Waals surface area contributed by atoms with Gasteiger partial charge in [0.1, 0.15) is 9.96 Å². The third kappa shape index (κ3) is 9.82. The Morgan fingerprint density at radius 2 is 1.95 bits per heavy atom. The minimum absolute atomic E-state index is 0.0141. The number of anilines is 1. The Hall–Kier alpha value is -2.87. The normalized spacial score (nSPS) is 21.3. The molecule has 0 aliphatic carbocycles. The van der Waals surface area contributed by atoms with Gasteiger partial charge in [-0.05, 0) is 76.6 Å². The number of urea groups is 1. The van der Waals surface area contributed by atoms with E-state index in [9.17, 15) is 23.1 Å². The zero-order valence-corrected chi connectivity index (χ0v) is 27.5. The molecule has 2 aromatic rings. The number of benzene rings is 1. The van der Waals surface area contributed by atoms with E-state index in [0.29, 0.717) is 18.9 Å². The van der Waals surface area contributed by atoms with Gasteiger partial charge in [0, 0.05) is 44.4 Å². The molecule has 1 aromatic carbocycles. The monoisotopic (exact) mass is 638 g/mol. The summed E-state index contributed by atoms with van der Waals surface area (Å²) in [5.41, 5.74) is 0.412. The standard InChI is InChI=1S/C30H46N4O7S2/c1-20(2)31-30(37)33(6)18-27-21(3)17-34(22(4)19-35)29(36)25-16-24(32-43(38,39)28-11-9-15-42-28)12-13-26(25)41-23(5)10-7-8-14-40-27/h9,11-13,15-16,20-23,27,32,35H,7-8,10,14,17-19H2,1-6H3,(H,31,37)/t21-,22+,23-,27-/m0/s1. The highest BCUT2D eigenvalue weighted by Gasteiger charge is 2.31. The number of hydrogen-bond acceptors (Lipinski definition) is 8. The predicted octanol–water partition coefficient (Wildman–Crippen LogP) is 4.39. The number of aliphatic hydroxyl groups excluding tert-OH is 1. The van der Waals surface area contributed by atoms with Crippen LogP contribution in [0.15, 0.2) is 39.9 Å². The molecule has 4 atom stereocenters. The van der Waals surface area contributed by atoms with E-state index in [0.717, 1.165) is 30.6 Å². The van der Waals surface area contributed by atoms with E-state index in [1.807, 2.05) is 27.7 Å². The van der Waals surface area contributed by atoms with Crippen LogP contribution in [0.25, 0.3) is 0 Å². The molecule has 13 heteroatoms. The fraction of sp³-hybridized carbons (Fsp3) is 0.600. The minimum atomic E-state index is -3.84. The third-order valence-corrected chi connectivity index (χ3v) is 10.1. The lowest BCUT2D eigenvalue weighted by Crippen LogP contribution is -2.49. The highest BCUT2D eigenvalue weighted by atomic mass is 32.2. The second-order valence-corrected chi connectivity index (χ2v) is 14.4. The van der Waals surface area contributed by atoms with Crippen LogP contribution >= 0.6 is 11.3 Å². The average Bonchev–Trinajstić information content (AvgIpc) is 3.50. The number of carbonyl (C=O) groups is 2. The molecule has 43 heavy (non-hydrogen) atoms. The van der Waals surface area contributed by atoms with Crippen LogP contribution < -0.4 is 14.8 Å². The Morgan fingerprint density at radius 3 is 2.60 bits per heavy atom. The zero-order valence-electron chi connectivity index (χ0n) is 25.9. The quantitative estimate of drug-likeness (QED) is 0.390. The number of likely N-dealkylation sites (N-methyl/N-ethyl adjacent to an activating group) is 1. The van der Waals surface area contributed by atoms with Gasteiger partial charge in [-0.25, -0.2) is 13.2 Å². The van der Waals surface area contributed by atoms with Crippen molar-refractivity contribution in [2.45, 2.75) is 82.4 Å². The number of nitrogens with zero attached hydrogens (tertiary/aromatic N) is 2. The van der Waals surface area contributed by atoms with Gasteiger partial charge in [0.15, 0.2) is 0 Å². The predicted molar refractivity (Wildman–Crippen MR) is 168 cm³/mol. The molecule has 0 bridgehead atoms. The van der Waals surface area contributed by atoms with Crippen molar-refractivity contribution in [3.8, 4) is 5.75 Å². The van der Waals surface area contributed by atoms with Crippen LogP contribution in [-0.4, -0.2) is 92.9 Å². The van der Waals surface area contributed by atoms with Crippen LogP contribution in [0.3, 0.4) is 0 Å². The van der Waals surface area contributed by atoms with Crippen molar-refractivity contribution in [1.82, 2.24) is 15.1 Å². The van der Waals surface area contributed by atoms with Gasteiger partial charge in [0.05, 0.1) is 30.4 Å². The van der Waals surface area contributed by atoms with Crippen LogP contribution in [0, 0.1) is 5.92 Å². The lowest BCUT2D eigenvalue weighted by atomic mass is 10.0. The molecule has 0 saturated carbocycles. The number of carbonyl (C=O) groups excluding carboxylic acids is 2. The Kier molecular flexibility index (Phi) is 12.7. The topological polar surface area (TPSA) is 138 Å². The second-order valence-electron chi connectivity index (χ2n) is 11.5. The summed E-state index contributed by atoms with van der Waals surface area (Å²) in [6, 6.07) is 7.07.